The summed E-state index contributed by atoms with van der Waals surface area (Å²) in [4.78, 5) is 29.7. The van der Waals surface area contributed by atoms with Crippen molar-refractivity contribution in [2.45, 2.75) is 26.2 Å². The molecule has 0 fully saturated rings. The topological polar surface area (TPSA) is 64.7 Å². The summed E-state index contributed by atoms with van der Waals surface area (Å²) in [6.45, 7) is 5.18. The third-order valence-electron chi connectivity index (χ3n) is 6.29. The van der Waals surface area contributed by atoms with E-state index in [1.165, 1.54) is 0 Å². The number of hydrogen-bond donors (Lipinski definition) is 2. The minimum Gasteiger partial charge on any atom is -0.361 e. The third kappa shape index (κ3) is 3.19. The SMILES string of the molecule is CCN1C(=O)c2ccccc2NC1c1ccc(C2Nc3ccccc3C(=O)N2CC)cc1. The molecule has 162 valence electrons. The number of hydrogen-bond acceptors (Lipinski definition) is 4. The maximum atomic E-state index is 13.0. The summed E-state index contributed by atoms with van der Waals surface area (Å²) in [7, 11) is 0. The van der Waals surface area contributed by atoms with E-state index in [4.69, 9.17) is 0 Å². The van der Waals surface area contributed by atoms with Crippen LogP contribution in [0.5, 0.6) is 0 Å². The van der Waals surface area contributed by atoms with E-state index in [9.17, 15) is 9.59 Å². The molecule has 3 aromatic carbocycles. The number of nitrogens with one attached hydrogen (secondary N) is 2. The van der Waals surface area contributed by atoms with Gasteiger partial charge in [0, 0.05) is 24.5 Å². The van der Waals surface area contributed by atoms with Crippen LogP contribution in [-0.2, 0) is 0 Å². The van der Waals surface area contributed by atoms with Crippen molar-refractivity contribution in [2.75, 3.05) is 23.7 Å². The van der Waals surface area contributed by atoms with Crippen LogP contribution in [0, 0.1) is 0 Å². The van der Waals surface area contributed by atoms with Gasteiger partial charge in [0.25, 0.3) is 11.8 Å². The molecule has 5 rings (SSSR count). The zero-order valence-electron chi connectivity index (χ0n) is 18.2. The second-order valence-corrected chi connectivity index (χ2v) is 8.03. The van der Waals surface area contributed by atoms with Crippen LogP contribution in [-0.4, -0.2) is 34.7 Å². The molecule has 0 spiro atoms. The molecule has 2 aliphatic heterocycles. The van der Waals surface area contributed by atoms with Gasteiger partial charge >= 0.3 is 0 Å². The molecular formula is C26H26N4O2. The number of rotatable bonds is 4. The Hall–Kier alpha value is -3.80. The molecule has 3 aromatic rings. The first-order valence-electron chi connectivity index (χ1n) is 11.0. The fourth-order valence-electron chi connectivity index (χ4n) is 4.62. The van der Waals surface area contributed by atoms with Crippen molar-refractivity contribution >= 4 is 23.2 Å². The van der Waals surface area contributed by atoms with Crippen molar-refractivity contribution in [1.29, 1.82) is 0 Å². The minimum absolute atomic E-state index is 0.0317. The third-order valence-corrected chi connectivity index (χ3v) is 6.29. The highest BCUT2D eigenvalue weighted by Crippen LogP contribution is 2.35. The van der Waals surface area contributed by atoms with Gasteiger partial charge in [0.05, 0.1) is 11.1 Å². The lowest BCUT2D eigenvalue weighted by molar-refractivity contribution is 0.0684. The summed E-state index contributed by atoms with van der Waals surface area (Å²) in [5, 5.41) is 7.02. The molecule has 6 heteroatoms. The summed E-state index contributed by atoms with van der Waals surface area (Å²) in [6.07, 6.45) is -0.471. The van der Waals surface area contributed by atoms with Gasteiger partial charge in [-0.2, -0.15) is 0 Å². The van der Waals surface area contributed by atoms with Crippen LogP contribution in [0.3, 0.4) is 0 Å². The summed E-state index contributed by atoms with van der Waals surface area (Å²) < 4.78 is 0. The first kappa shape index (κ1) is 20.1. The van der Waals surface area contributed by atoms with E-state index in [0.717, 1.165) is 22.5 Å². The standard InChI is InChI=1S/C26H26N4O2/c1-3-29-23(27-21-11-7-5-9-19(21)25(29)31)17-13-15-18(16-14-17)24-28-22-12-8-6-10-20(22)26(32)30(24)4-2/h5-16,23-24,27-28H,3-4H2,1-2H3. The predicted molar refractivity (Wildman–Crippen MR) is 125 cm³/mol. The van der Waals surface area contributed by atoms with Crippen LogP contribution in [0.15, 0.2) is 72.8 Å². The summed E-state index contributed by atoms with van der Waals surface area (Å²) in [5.41, 5.74) is 5.11. The molecule has 0 aliphatic carbocycles. The largest absolute Gasteiger partial charge is 0.361 e. The highest BCUT2D eigenvalue weighted by atomic mass is 16.2. The van der Waals surface area contributed by atoms with Crippen molar-refractivity contribution in [3.63, 3.8) is 0 Å². The Kier molecular flexibility index (Phi) is 5.05. The number of amides is 2. The van der Waals surface area contributed by atoms with E-state index >= 15 is 0 Å². The van der Waals surface area contributed by atoms with Crippen LogP contribution in [0.4, 0.5) is 11.4 Å². The normalized spacial score (nSPS) is 19.7. The van der Waals surface area contributed by atoms with E-state index in [1.807, 2.05) is 96.4 Å². The number of nitrogens with zero attached hydrogens (tertiary/aromatic N) is 2. The molecular weight excluding hydrogens is 400 g/mol. The molecule has 2 heterocycles. The molecule has 0 bridgehead atoms. The fraction of sp³-hybridized carbons (Fsp3) is 0.231. The van der Waals surface area contributed by atoms with Crippen molar-refractivity contribution in [1.82, 2.24) is 9.80 Å². The minimum atomic E-state index is -0.236. The second kappa shape index (κ2) is 8.04. The number of anilines is 2. The Morgan fingerprint density at radius 1 is 0.625 bits per heavy atom. The molecule has 2 unspecified atom stereocenters. The lowest BCUT2D eigenvalue weighted by atomic mass is 10.00. The molecule has 0 radical (unpaired) electrons. The quantitative estimate of drug-likeness (QED) is 0.625. The monoisotopic (exact) mass is 426 g/mol. The van der Waals surface area contributed by atoms with E-state index in [-0.39, 0.29) is 24.1 Å². The molecule has 2 N–H and O–H groups in total. The molecule has 32 heavy (non-hydrogen) atoms. The number of carbonyl (C=O) groups is 2. The molecule has 0 saturated carbocycles. The second-order valence-electron chi connectivity index (χ2n) is 8.03. The zero-order valence-corrected chi connectivity index (χ0v) is 18.2. The van der Waals surface area contributed by atoms with Gasteiger partial charge in [-0.3, -0.25) is 9.59 Å². The smallest absolute Gasteiger partial charge is 0.257 e. The summed E-state index contributed by atoms with van der Waals surface area (Å²) in [6, 6.07) is 23.4. The van der Waals surface area contributed by atoms with Gasteiger partial charge < -0.3 is 20.4 Å². The van der Waals surface area contributed by atoms with Gasteiger partial charge in [-0.25, -0.2) is 0 Å². The molecule has 2 aliphatic rings. The van der Waals surface area contributed by atoms with Crippen molar-refractivity contribution in [3.05, 3.63) is 95.1 Å². The Balaban J connectivity index is 1.45. The number of benzene rings is 3. The Morgan fingerprint density at radius 2 is 1.00 bits per heavy atom. The maximum absolute atomic E-state index is 13.0. The van der Waals surface area contributed by atoms with Crippen LogP contribution in [0.25, 0.3) is 0 Å². The van der Waals surface area contributed by atoms with Gasteiger partial charge in [0.1, 0.15) is 12.3 Å². The average molecular weight is 427 g/mol. The summed E-state index contributed by atoms with van der Waals surface area (Å²) >= 11 is 0. The van der Waals surface area contributed by atoms with Crippen LogP contribution >= 0.6 is 0 Å². The van der Waals surface area contributed by atoms with Crippen LogP contribution in [0.1, 0.15) is 58.0 Å². The van der Waals surface area contributed by atoms with Crippen LogP contribution < -0.4 is 10.6 Å². The van der Waals surface area contributed by atoms with E-state index < -0.39 is 0 Å². The van der Waals surface area contributed by atoms with E-state index in [0.29, 0.717) is 24.2 Å². The predicted octanol–water partition coefficient (Wildman–Crippen LogP) is 4.86. The Bertz CT molecular complexity index is 1080. The number of carbonyl (C=O) groups excluding carboxylic acids is 2. The van der Waals surface area contributed by atoms with Gasteiger partial charge in [-0.15, -0.1) is 0 Å². The molecule has 0 saturated heterocycles. The highest BCUT2D eigenvalue weighted by Gasteiger charge is 2.33. The number of fused-ring (bicyclic) bond motifs is 2. The summed E-state index contributed by atoms with van der Waals surface area (Å²) in [5.74, 6) is 0.0634. The van der Waals surface area contributed by atoms with Gasteiger partial charge in [0.15, 0.2) is 0 Å². The Morgan fingerprint density at radius 3 is 1.38 bits per heavy atom. The first-order chi connectivity index (χ1) is 15.6. The molecule has 2 atom stereocenters. The first-order valence-corrected chi connectivity index (χ1v) is 11.0. The van der Waals surface area contributed by atoms with Crippen molar-refractivity contribution < 1.29 is 9.59 Å². The lowest BCUT2D eigenvalue weighted by Gasteiger charge is -2.39. The van der Waals surface area contributed by atoms with Gasteiger partial charge in [-0.1, -0.05) is 48.5 Å². The lowest BCUT2D eigenvalue weighted by Crippen LogP contribution is -2.43. The van der Waals surface area contributed by atoms with Gasteiger partial charge in [0.2, 0.25) is 0 Å². The van der Waals surface area contributed by atoms with Crippen LogP contribution in [0.2, 0.25) is 0 Å². The number of para-hydroxylation sites is 2. The molecule has 6 nitrogen and oxygen atoms in total. The van der Waals surface area contributed by atoms with Gasteiger partial charge in [-0.05, 0) is 49.2 Å². The highest BCUT2D eigenvalue weighted by molar-refractivity contribution is 6.02. The maximum Gasteiger partial charge on any atom is 0.257 e. The average Bonchev–Trinajstić information content (AvgIpc) is 2.84. The Labute approximate surface area is 187 Å². The molecule has 0 aromatic heterocycles. The van der Waals surface area contributed by atoms with Crippen molar-refractivity contribution in [3.8, 4) is 0 Å². The van der Waals surface area contributed by atoms with E-state index in [2.05, 4.69) is 10.6 Å². The zero-order chi connectivity index (χ0) is 22.2. The molecule has 2 amide bonds. The fourth-order valence-corrected chi connectivity index (χ4v) is 4.62. The van der Waals surface area contributed by atoms with E-state index in [1.54, 1.807) is 0 Å². The van der Waals surface area contributed by atoms with Crippen molar-refractivity contribution in [2.24, 2.45) is 0 Å².